The molecule has 0 saturated carbocycles. The van der Waals surface area contributed by atoms with Crippen LogP contribution in [0.1, 0.15) is 27.1 Å². The van der Waals surface area contributed by atoms with Gasteiger partial charge in [-0.1, -0.05) is 0 Å². The van der Waals surface area contributed by atoms with E-state index in [0.717, 1.165) is 11.8 Å². The van der Waals surface area contributed by atoms with Gasteiger partial charge in [0.1, 0.15) is 16.9 Å². The third kappa shape index (κ3) is 3.87. The van der Waals surface area contributed by atoms with Crippen molar-refractivity contribution in [2.45, 2.75) is 6.42 Å². The molecule has 3 aromatic heterocycles. The number of benzene rings is 1. The number of rotatable bonds is 5. The van der Waals surface area contributed by atoms with Gasteiger partial charge in [-0.3, -0.25) is 9.59 Å². The first kappa shape index (κ1) is 20.0. The number of ether oxygens (including phenoxy) is 1. The summed E-state index contributed by atoms with van der Waals surface area (Å²) in [5, 5.41) is 14.0. The molecule has 10 nitrogen and oxygen atoms in total. The number of pyridine rings is 2. The zero-order valence-corrected chi connectivity index (χ0v) is 17.4. The van der Waals surface area contributed by atoms with Crippen LogP contribution in [0.4, 0.5) is 5.82 Å². The number of hydrogen-bond donors (Lipinski definition) is 2. The third-order valence-electron chi connectivity index (χ3n) is 5.58. The molecule has 0 radical (unpaired) electrons. The minimum atomic E-state index is -0.312. The highest BCUT2D eigenvalue weighted by Crippen LogP contribution is 2.21. The van der Waals surface area contributed by atoms with Gasteiger partial charge >= 0.3 is 0 Å². The van der Waals surface area contributed by atoms with Crippen LogP contribution in [-0.4, -0.2) is 68.9 Å². The van der Waals surface area contributed by atoms with E-state index in [1.165, 1.54) is 6.20 Å². The molecule has 1 unspecified atom stereocenters. The van der Waals surface area contributed by atoms with Crippen LogP contribution >= 0.6 is 0 Å². The second-order valence-electron chi connectivity index (χ2n) is 7.81. The molecule has 1 aliphatic heterocycles. The molecule has 2 N–H and O–H groups in total. The SMILES string of the molecule is COCC1CCN(C(=O)c2cnc3nc(NC(=O)c4ccc5n[nH]nc5c4)ccc3c2)C1. The molecule has 0 spiro atoms. The molecule has 162 valence electrons. The maximum absolute atomic E-state index is 12.8. The van der Waals surface area contributed by atoms with E-state index in [1.807, 2.05) is 4.90 Å². The average molecular weight is 431 g/mol. The fraction of sp³-hybridized carbons (Fsp3) is 0.273. The second kappa shape index (κ2) is 8.31. The van der Waals surface area contributed by atoms with Crippen LogP contribution < -0.4 is 5.32 Å². The number of H-pyrrole nitrogens is 1. The number of methoxy groups -OCH3 is 1. The Morgan fingerprint density at radius 3 is 2.91 bits per heavy atom. The van der Waals surface area contributed by atoms with Crippen molar-refractivity contribution in [2.24, 2.45) is 5.92 Å². The van der Waals surface area contributed by atoms with Crippen LogP contribution in [0.25, 0.3) is 22.1 Å². The highest BCUT2D eigenvalue weighted by molar-refractivity contribution is 6.05. The number of carbonyl (C=O) groups is 2. The van der Waals surface area contributed by atoms with Crippen molar-refractivity contribution in [3.05, 3.63) is 53.7 Å². The summed E-state index contributed by atoms with van der Waals surface area (Å²) in [7, 11) is 1.68. The lowest BCUT2D eigenvalue weighted by molar-refractivity contribution is 0.0775. The third-order valence-corrected chi connectivity index (χ3v) is 5.58. The second-order valence-corrected chi connectivity index (χ2v) is 7.81. The topological polar surface area (TPSA) is 126 Å². The summed E-state index contributed by atoms with van der Waals surface area (Å²) in [6, 6.07) is 10.3. The standard InChI is InChI=1S/C22H21N7O3/c1-32-12-13-6-7-29(11-13)22(31)16-8-14-3-5-19(24-20(14)23-10-16)25-21(30)15-2-4-17-18(9-15)27-28-26-17/h2-5,8-10,13H,6-7,11-12H2,1H3,(H,26,27,28)(H,23,24,25,30). The van der Waals surface area contributed by atoms with Crippen LogP contribution in [0.2, 0.25) is 0 Å². The van der Waals surface area contributed by atoms with Gasteiger partial charge in [0.25, 0.3) is 11.8 Å². The Balaban J connectivity index is 1.31. The Labute approximate surface area is 183 Å². The molecule has 32 heavy (non-hydrogen) atoms. The summed E-state index contributed by atoms with van der Waals surface area (Å²) in [4.78, 5) is 36.0. The Kier molecular flexibility index (Phi) is 5.20. The molecular weight excluding hydrogens is 410 g/mol. The number of carbonyl (C=O) groups excluding carboxylic acids is 2. The van der Waals surface area contributed by atoms with E-state index in [4.69, 9.17) is 4.74 Å². The maximum Gasteiger partial charge on any atom is 0.256 e. The van der Waals surface area contributed by atoms with Crippen LogP contribution in [0.15, 0.2) is 42.6 Å². The van der Waals surface area contributed by atoms with E-state index in [2.05, 4.69) is 30.7 Å². The van der Waals surface area contributed by atoms with Gasteiger partial charge < -0.3 is 15.0 Å². The van der Waals surface area contributed by atoms with Gasteiger partial charge in [-0.15, -0.1) is 0 Å². The van der Waals surface area contributed by atoms with Crippen molar-refractivity contribution in [2.75, 3.05) is 32.1 Å². The first-order valence-corrected chi connectivity index (χ1v) is 10.3. The van der Waals surface area contributed by atoms with Gasteiger partial charge in [0.2, 0.25) is 0 Å². The first-order chi connectivity index (χ1) is 15.6. The fourth-order valence-electron chi connectivity index (χ4n) is 3.94. The molecule has 4 heterocycles. The fourth-order valence-corrected chi connectivity index (χ4v) is 3.94. The van der Waals surface area contributed by atoms with Gasteiger partial charge in [-0.05, 0) is 42.8 Å². The number of anilines is 1. The minimum absolute atomic E-state index is 0.0429. The highest BCUT2D eigenvalue weighted by atomic mass is 16.5. The molecule has 0 bridgehead atoms. The molecule has 1 fully saturated rings. The van der Waals surface area contributed by atoms with Crippen molar-refractivity contribution in [3.8, 4) is 0 Å². The molecule has 10 heteroatoms. The number of likely N-dealkylation sites (tertiary alicyclic amines) is 1. The van der Waals surface area contributed by atoms with Crippen molar-refractivity contribution in [1.29, 1.82) is 0 Å². The lowest BCUT2D eigenvalue weighted by Gasteiger charge is -2.16. The number of amides is 2. The minimum Gasteiger partial charge on any atom is -0.384 e. The Bertz CT molecular complexity index is 1320. The molecule has 1 atom stereocenters. The van der Waals surface area contributed by atoms with Crippen LogP contribution in [0.5, 0.6) is 0 Å². The van der Waals surface area contributed by atoms with E-state index in [9.17, 15) is 9.59 Å². The zero-order valence-electron chi connectivity index (χ0n) is 17.4. The number of hydrogen-bond acceptors (Lipinski definition) is 7. The lowest BCUT2D eigenvalue weighted by atomic mass is 10.1. The lowest BCUT2D eigenvalue weighted by Crippen LogP contribution is -2.29. The number of nitrogens with zero attached hydrogens (tertiary/aromatic N) is 5. The number of aromatic nitrogens is 5. The largest absolute Gasteiger partial charge is 0.384 e. The molecule has 1 aromatic carbocycles. The average Bonchev–Trinajstić information content (AvgIpc) is 3.47. The summed E-state index contributed by atoms with van der Waals surface area (Å²) >= 11 is 0. The zero-order chi connectivity index (χ0) is 22.1. The summed E-state index contributed by atoms with van der Waals surface area (Å²) in [5.41, 5.74) is 2.71. The van der Waals surface area contributed by atoms with E-state index < -0.39 is 0 Å². The Morgan fingerprint density at radius 2 is 2.03 bits per heavy atom. The molecule has 1 saturated heterocycles. The molecule has 2 amide bonds. The van der Waals surface area contributed by atoms with Crippen molar-refractivity contribution in [3.63, 3.8) is 0 Å². The first-order valence-electron chi connectivity index (χ1n) is 10.3. The number of aromatic amines is 1. The molecule has 5 rings (SSSR count). The molecule has 1 aliphatic rings. The summed E-state index contributed by atoms with van der Waals surface area (Å²) in [5.74, 6) is 0.387. The summed E-state index contributed by atoms with van der Waals surface area (Å²) in [6.45, 7) is 2.06. The predicted molar refractivity (Wildman–Crippen MR) is 117 cm³/mol. The van der Waals surface area contributed by atoms with Gasteiger partial charge in [0.15, 0.2) is 5.65 Å². The number of nitrogens with one attached hydrogen (secondary N) is 2. The van der Waals surface area contributed by atoms with Crippen LogP contribution in [0, 0.1) is 5.92 Å². The van der Waals surface area contributed by atoms with E-state index in [-0.39, 0.29) is 11.8 Å². The molecule has 0 aliphatic carbocycles. The Hall–Kier alpha value is -3.92. The maximum atomic E-state index is 12.8. The van der Waals surface area contributed by atoms with Gasteiger partial charge in [0, 0.05) is 43.3 Å². The normalized spacial score (nSPS) is 16.0. The van der Waals surface area contributed by atoms with Gasteiger partial charge in [-0.25, -0.2) is 9.97 Å². The van der Waals surface area contributed by atoms with Gasteiger partial charge in [0.05, 0.1) is 12.2 Å². The van der Waals surface area contributed by atoms with E-state index in [0.29, 0.717) is 59.2 Å². The predicted octanol–water partition coefficient (Wildman–Crippen LogP) is 2.26. The summed E-state index contributed by atoms with van der Waals surface area (Å²) in [6.07, 6.45) is 2.47. The van der Waals surface area contributed by atoms with Crippen LogP contribution in [0.3, 0.4) is 0 Å². The van der Waals surface area contributed by atoms with E-state index >= 15 is 0 Å². The highest BCUT2D eigenvalue weighted by Gasteiger charge is 2.27. The molecular formula is C22H21N7O3. The molecule has 4 aromatic rings. The quantitative estimate of drug-likeness (QED) is 0.496. The van der Waals surface area contributed by atoms with Crippen molar-refractivity contribution in [1.82, 2.24) is 30.3 Å². The monoisotopic (exact) mass is 431 g/mol. The van der Waals surface area contributed by atoms with E-state index in [1.54, 1.807) is 43.5 Å². The van der Waals surface area contributed by atoms with Gasteiger partial charge in [-0.2, -0.15) is 15.4 Å². The summed E-state index contributed by atoms with van der Waals surface area (Å²) < 4.78 is 5.20. The Morgan fingerprint density at radius 1 is 1.16 bits per heavy atom. The van der Waals surface area contributed by atoms with Crippen molar-refractivity contribution >= 4 is 39.7 Å². The smallest absolute Gasteiger partial charge is 0.256 e. The number of fused-ring (bicyclic) bond motifs is 2. The van der Waals surface area contributed by atoms with Crippen LogP contribution in [-0.2, 0) is 4.74 Å². The van der Waals surface area contributed by atoms with Crippen molar-refractivity contribution < 1.29 is 14.3 Å².